The molecule has 0 aromatic heterocycles. The van der Waals surface area contributed by atoms with Crippen molar-refractivity contribution in [3.05, 3.63) is 0 Å². The molecule has 2 unspecified atom stereocenters. The SMILES string of the molecule is CCC(N=C(N)N(C)C=O)C1CCCN(C(=O)CC2CC2)C1. The van der Waals surface area contributed by atoms with E-state index in [9.17, 15) is 9.59 Å². The Hall–Kier alpha value is -1.59. The fourth-order valence-corrected chi connectivity index (χ4v) is 3.09. The van der Waals surface area contributed by atoms with Gasteiger partial charge >= 0.3 is 0 Å². The molecule has 0 aromatic carbocycles. The Morgan fingerprint density at radius 1 is 1.45 bits per heavy atom. The molecule has 2 amide bonds. The predicted octanol–water partition coefficient (Wildman–Crippen LogP) is 1.21. The van der Waals surface area contributed by atoms with Crippen LogP contribution in [-0.2, 0) is 9.59 Å². The van der Waals surface area contributed by atoms with Crippen LogP contribution in [0.5, 0.6) is 0 Å². The number of aliphatic imine (C=N–C) groups is 1. The summed E-state index contributed by atoms with van der Waals surface area (Å²) in [4.78, 5) is 30.9. The summed E-state index contributed by atoms with van der Waals surface area (Å²) in [6.07, 6.45) is 6.74. The van der Waals surface area contributed by atoms with E-state index in [-0.39, 0.29) is 12.0 Å². The van der Waals surface area contributed by atoms with Gasteiger partial charge in [0.05, 0.1) is 6.04 Å². The van der Waals surface area contributed by atoms with Crippen LogP contribution in [0.2, 0.25) is 0 Å². The van der Waals surface area contributed by atoms with Gasteiger partial charge in [-0.05, 0) is 43.9 Å². The highest BCUT2D eigenvalue weighted by Crippen LogP contribution is 2.33. The lowest BCUT2D eigenvalue weighted by atomic mass is 9.89. The average Bonchev–Trinajstić information content (AvgIpc) is 3.35. The quantitative estimate of drug-likeness (QED) is 0.455. The van der Waals surface area contributed by atoms with Crippen molar-refractivity contribution in [3.63, 3.8) is 0 Å². The van der Waals surface area contributed by atoms with Gasteiger partial charge in [0, 0.05) is 26.6 Å². The van der Waals surface area contributed by atoms with Gasteiger partial charge in [0.25, 0.3) is 0 Å². The largest absolute Gasteiger partial charge is 0.369 e. The number of nitrogens with zero attached hydrogens (tertiary/aromatic N) is 3. The number of carbonyl (C=O) groups excluding carboxylic acids is 2. The summed E-state index contributed by atoms with van der Waals surface area (Å²) in [7, 11) is 1.60. The van der Waals surface area contributed by atoms with Crippen molar-refractivity contribution in [2.75, 3.05) is 20.1 Å². The molecule has 6 nitrogen and oxygen atoms in total. The maximum atomic E-state index is 12.3. The van der Waals surface area contributed by atoms with Crippen molar-refractivity contribution in [2.24, 2.45) is 22.6 Å². The zero-order valence-electron chi connectivity index (χ0n) is 13.7. The van der Waals surface area contributed by atoms with Gasteiger partial charge in [-0.1, -0.05) is 6.92 Å². The second-order valence-corrected chi connectivity index (χ2v) is 6.57. The summed E-state index contributed by atoms with van der Waals surface area (Å²) >= 11 is 0. The summed E-state index contributed by atoms with van der Waals surface area (Å²) in [5.74, 6) is 1.51. The molecule has 1 saturated carbocycles. The first kappa shape index (κ1) is 16.8. The molecular weight excluding hydrogens is 280 g/mol. The van der Waals surface area contributed by atoms with E-state index in [2.05, 4.69) is 11.9 Å². The number of likely N-dealkylation sites (tertiary alicyclic amines) is 1. The minimum Gasteiger partial charge on any atom is -0.369 e. The first-order valence-electron chi connectivity index (χ1n) is 8.34. The minimum atomic E-state index is 0.0684. The van der Waals surface area contributed by atoms with Crippen molar-refractivity contribution in [1.82, 2.24) is 9.80 Å². The summed E-state index contributed by atoms with van der Waals surface area (Å²) in [6.45, 7) is 3.71. The third-order valence-electron chi connectivity index (χ3n) is 4.75. The minimum absolute atomic E-state index is 0.0684. The van der Waals surface area contributed by atoms with Crippen LogP contribution in [0.15, 0.2) is 4.99 Å². The van der Waals surface area contributed by atoms with E-state index in [0.29, 0.717) is 30.6 Å². The summed E-state index contributed by atoms with van der Waals surface area (Å²) < 4.78 is 0. The lowest BCUT2D eigenvalue weighted by molar-refractivity contribution is -0.133. The smallest absolute Gasteiger partial charge is 0.222 e. The Balaban J connectivity index is 1.96. The third-order valence-corrected chi connectivity index (χ3v) is 4.75. The number of amides is 2. The van der Waals surface area contributed by atoms with Crippen molar-refractivity contribution < 1.29 is 9.59 Å². The van der Waals surface area contributed by atoms with Gasteiger partial charge in [-0.2, -0.15) is 0 Å². The van der Waals surface area contributed by atoms with E-state index in [1.54, 1.807) is 7.05 Å². The second kappa shape index (κ2) is 7.61. The molecule has 124 valence electrons. The van der Waals surface area contributed by atoms with Crippen molar-refractivity contribution in [3.8, 4) is 0 Å². The number of carbonyl (C=O) groups is 2. The number of nitrogens with two attached hydrogens (primary N) is 1. The lowest BCUT2D eigenvalue weighted by Crippen LogP contribution is -2.44. The van der Waals surface area contributed by atoms with Gasteiger partial charge in [0.2, 0.25) is 12.3 Å². The lowest BCUT2D eigenvalue weighted by Gasteiger charge is -2.35. The molecular formula is C16H28N4O2. The molecule has 22 heavy (non-hydrogen) atoms. The van der Waals surface area contributed by atoms with Gasteiger partial charge in [0.1, 0.15) is 0 Å². The van der Waals surface area contributed by atoms with Crippen molar-refractivity contribution >= 4 is 18.3 Å². The highest BCUT2D eigenvalue weighted by Gasteiger charge is 2.32. The Labute approximate surface area is 132 Å². The van der Waals surface area contributed by atoms with Gasteiger partial charge in [-0.15, -0.1) is 0 Å². The van der Waals surface area contributed by atoms with E-state index in [0.717, 1.165) is 32.4 Å². The highest BCUT2D eigenvalue weighted by atomic mass is 16.2. The number of rotatable bonds is 6. The second-order valence-electron chi connectivity index (χ2n) is 6.57. The first-order valence-corrected chi connectivity index (χ1v) is 8.34. The number of hydrogen-bond acceptors (Lipinski definition) is 3. The normalized spacial score (nSPS) is 24.0. The third kappa shape index (κ3) is 4.45. The maximum absolute atomic E-state index is 12.3. The fourth-order valence-electron chi connectivity index (χ4n) is 3.09. The van der Waals surface area contributed by atoms with E-state index in [1.807, 2.05) is 4.90 Å². The number of piperidine rings is 1. The van der Waals surface area contributed by atoms with Crippen LogP contribution >= 0.6 is 0 Å². The van der Waals surface area contributed by atoms with Gasteiger partial charge < -0.3 is 10.6 Å². The molecule has 2 aliphatic rings. The monoisotopic (exact) mass is 308 g/mol. The molecule has 0 radical (unpaired) electrons. The molecule has 2 N–H and O–H groups in total. The zero-order chi connectivity index (χ0) is 16.1. The average molecular weight is 308 g/mol. The predicted molar refractivity (Wildman–Crippen MR) is 86.2 cm³/mol. The topological polar surface area (TPSA) is 79.0 Å². The molecule has 6 heteroatoms. The standard InChI is InChI=1S/C16H28N4O2/c1-3-14(18-16(17)19(2)11-21)13-5-4-8-20(10-13)15(22)9-12-6-7-12/h11-14H,3-10H2,1-2H3,(H2,17,18). The van der Waals surface area contributed by atoms with Crippen molar-refractivity contribution in [2.45, 2.75) is 51.5 Å². The molecule has 1 aliphatic carbocycles. The van der Waals surface area contributed by atoms with Crippen LogP contribution in [0, 0.1) is 11.8 Å². The summed E-state index contributed by atoms with van der Waals surface area (Å²) in [6, 6.07) is 0.0684. The highest BCUT2D eigenvalue weighted by molar-refractivity contribution is 5.87. The zero-order valence-corrected chi connectivity index (χ0v) is 13.7. The molecule has 0 aromatic rings. The van der Waals surface area contributed by atoms with Gasteiger partial charge in [-0.25, -0.2) is 4.99 Å². The van der Waals surface area contributed by atoms with Crippen LogP contribution in [0.4, 0.5) is 0 Å². The summed E-state index contributed by atoms with van der Waals surface area (Å²) in [5.41, 5.74) is 5.84. The van der Waals surface area contributed by atoms with Crippen LogP contribution in [0.1, 0.15) is 45.4 Å². The van der Waals surface area contributed by atoms with E-state index in [4.69, 9.17) is 5.73 Å². The van der Waals surface area contributed by atoms with Crippen LogP contribution in [-0.4, -0.2) is 54.3 Å². The Bertz CT molecular complexity index is 434. The first-order chi connectivity index (χ1) is 10.5. The van der Waals surface area contributed by atoms with Crippen molar-refractivity contribution in [1.29, 1.82) is 0 Å². The molecule has 2 rings (SSSR count). The van der Waals surface area contributed by atoms with E-state index < -0.39 is 0 Å². The maximum Gasteiger partial charge on any atom is 0.222 e. The van der Waals surface area contributed by atoms with Crippen LogP contribution in [0.3, 0.4) is 0 Å². The van der Waals surface area contributed by atoms with E-state index in [1.165, 1.54) is 17.7 Å². The summed E-state index contributed by atoms with van der Waals surface area (Å²) in [5, 5.41) is 0. The number of guanidine groups is 1. The number of hydrogen-bond donors (Lipinski definition) is 1. The van der Waals surface area contributed by atoms with Gasteiger partial charge in [-0.3, -0.25) is 14.5 Å². The molecule has 0 spiro atoms. The molecule has 2 atom stereocenters. The molecule has 1 heterocycles. The molecule has 2 fully saturated rings. The fraction of sp³-hybridized carbons (Fsp3) is 0.812. The van der Waals surface area contributed by atoms with E-state index >= 15 is 0 Å². The Morgan fingerprint density at radius 3 is 2.77 bits per heavy atom. The van der Waals surface area contributed by atoms with Crippen LogP contribution < -0.4 is 5.73 Å². The molecule has 1 saturated heterocycles. The Morgan fingerprint density at radius 2 is 2.18 bits per heavy atom. The van der Waals surface area contributed by atoms with Crippen LogP contribution in [0.25, 0.3) is 0 Å². The van der Waals surface area contributed by atoms with Gasteiger partial charge in [0.15, 0.2) is 5.96 Å². The Kier molecular flexibility index (Phi) is 5.80. The molecule has 1 aliphatic heterocycles. The molecule has 0 bridgehead atoms.